The highest BCUT2D eigenvalue weighted by atomic mass is 31.2. The molecule has 3 N–H and O–H groups in total. The van der Waals surface area contributed by atoms with E-state index >= 15 is 0 Å². The number of aliphatic hydroxyl groups is 1. The van der Waals surface area contributed by atoms with E-state index in [9.17, 15) is 43.2 Å². The molecule has 0 spiro atoms. The van der Waals surface area contributed by atoms with E-state index in [1.807, 2.05) is 0 Å². The Bertz CT molecular complexity index is 1730. The number of phosphoric ester groups is 2. The zero-order chi connectivity index (χ0) is 65.2. The van der Waals surface area contributed by atoms with Gasteiger partial charge in [-0.2, -0.15) is 0 Å². The Morgan fingerprint density at radius 3 is 0.864 bits per heavy atom. The predicted octanol–water partition coefficient (Wildman–Crippen LogP) is 19.5. The number of unbranched alkanes of at least 4 members (excludes halogenated alkanes) is 34. The van der Waals surface area contributed by atoms with Crippen LogP contribution in [0.5, 0.6) is 0 Å². The van der Waals surface area contributed by atoms with E-state index in [1.54, 1.807) is 0 Å². The summed E-state index contributed by atoms with van der Waals surface area (Å²) in [5.41, 5.74) is 0. The molecule has 0 fully saturated rings. The first kappa shape index (κ1) is 86.1. The highest BCUT2D eigenvalue weighted by molar-refractivity contribution is 7.47. The van der Waals surface area contributed by atoms with Gasteiger partial charge in [-0.1, -0.05) is 292 Å². The Kier molecular flexibility index (Phi) is 58.7. The van der Waals surface area contributed by atoms with Gasteiger partial charge in [-0.3, -0.25) is 37.3 Å². The fraction of sp³-hybridized carbons (Fsp3) is 0.942. The number of rotatable bonds is 67. The number of aliphatic hydroxyl groups excluding tert-OH is 1. The second-order valence-electron chi connectivity index (χ2n) is 26.1. The molecule has 0 heterocycles. The van der Waals surface area contributed by atoms with Crippen LogP contribution in [-0.4, -0.2) is 96.7 Å². The molecular formula is C69H134O17P2. The first-order valence-corrected chi connectivity index (χ1v) is 38.9. The monoisotopic (exact) mass is 1300 g/mol. The van der Waals surface area contributed by atoms with Crippen LogP contribution in [0, 0.1) is 17.8 Å². The van der Waals surface area contributed by atoms with E-state index in [1.165, 1.54) is 154 Å². The van der Waals surface area contributed by atoms with Gasteiger partial charge in [-0.05, 0) is 43.4 Å². The molecule has 88 heavy (non-hydrogen) atoms. The van der Waals surface area contributed by atoms with Gasteiger partial charge >= 0.3 is 39.5 Å². The molecule has 3 unspecified atom stereocenters. The molecule has 0 aliphatic carbocycles. The van der Waals surface area contributed by atoms with Crippen LogP contribution >= 0.6 is 15.6 Å². The van der Waals surface area contributed by atoms with Crippen molar-refractivity contribution in [1.82, 2.24) is 0 Å². The number of esters is 4. The fourth-order valence-electron chi connectivity index (χ4n) is 10.3. The summed E-state index contributed by atoms with van der Waals surface area (Å²) in [5.74, 6) is 0.116. The summed E-state index contributed by atoms with van der Waals surface area (Å²) in [5, 5.41) is 10.6. The van der Waals surface area contributed by atoms with Gasteiger partial charge in [-0.15, -0.1) is 0 Å². The molecule has 0 aromatic carbocycles. The summed E-state index contributed by atoms with van der Waals surface area (Å²) in [6, 6.07) is 0. The highest BCUT2D eigenvalue weighted by Gasteiger charge is 2.30. The molecule has 17 nitrogen and oxygen atoms in total. The Morgan fingerprint density at radius 2 is 0.580 bits per heavy atom. The molecule has 0 aromatic heterocycles. The maximum Gasteiger partial charge on any atom is 0.472 e. The van der Waals surface area contributed by atoms with E-state index in [4.69, 9.17) is 37.0 Å². The number of phosphoric acid groups is 2. The van der Waals surface area contributed by atoms with E-state index < -0.39 is 97.5 Å². The summed E-state index contributed by atoms with van der Waals surface area (Å²) in [6.07, 6.45) is 43.2. The van der Waals surface area contributed by atoms with Crippen LogP contribution in [0.15, 0.2) is 0 Å². The van der Waals surface area contributed by atoms with Gasteiger partial charge in [0.15, 0.2) is 12.2 Å². The van der Waals surface area contributed by atoms with Crippen molar-refractivity contribution in [3.05, 3.63) is 0 Å². The first-order valence-electron chi connectivity index (χ1n) is 35.9. The van der Waals surface area contributed by atoms with Crippen LogP contribution in [-0.2, 0) is 65.4 Å². The molecule has 0 aliphatic rings. The molecule has 0 aliphatic heterocycles. The Labute approximate surface area is 537 Å². The minimum absolute atomic E-state index is 0.102. The molecule has 19 heteroatoms. The second kappa shape index (κ2) is 60.0. The smallest absolute Gasteiger partial charge is 0.462 e. The largest absolute Gasteiger partial charge is 0.472 e. The lowest BCUT2D eigenvalue weighted by Gasteiger charge is -2.21. The Balaban J connectivity index is 5.21. The minimum Gasteiger partial charge on any atom is -0.462 e. The van der Waals surface area contributed by atoms with Crippen LogP contribution in [0.1, 0.15) is 344 Å². The third kappa shape index (κ3) is 61.6. The average Bonchev–Trinajstić information content (AvgIpc) is 3.59. The maximum atomic E-state index is 13.0. The maximum absolute atomic E-state index is 13.0. The second-order valence-corrected chi connectivity index (χ2v) is 29.0. The van der Waals surface area contributed by atoms with Crippen molar-refractivity contribution < 1.29 is 80.2 Å². The van der Waals surface area contributed by atoms with E-state index in [0.717, 1.165) is 102 Å². The van der Waals surface area contributed by atoms with Crippen LogP contribution < -0.4 is 0 Å². The van der Waals surface area contributed by atoms with Crippen molar-refractivity contribution in [2.75, 3.05) is 39.6 Å². The van der Waals surface area contributed by atoms with Gasteiger partial charge in [0.1, 0.15) is 19.3 Å². The molecule has 0 bridgehead atoms. The SMILES string of the molecule is CCCCCCCCCCCC(=O)OC[C@H](COP(=O)(O)OC[C@H](O)COP(=O)(O)OC[C@@H](COC(=O)CCCCCCCCCCC(C)CC)OC(=O)CCCCCCCCCCCCCCCCCC(C)C)OC(=O)CCCCCCCCC(C)C. The van der Waals surface area contributed by atoms with Crippen LogP contribution in [0.25, 0.3) is 0 Å². The van der Waals surface area contributed by atoms with E-state index in [0.29, 0.717) is 31.6 Å². The van der Waals surface area contributed by atoms with Gasteiger partial charge in [0.25, 0.3) is 0 Å². The first-order chi connectivity index (χ1) is 42.3. The molecule has 6 atom stereocenters. The van der Waals surface area contributed by atoms with Gasteiger partial charge in [-0.25, -0.2) is 9.13 Å². The molecule has 0 amide bonds. The van der Waals surface area contributed by atoms with Crippen molar-refractivity contribution in [3.8, 4) is 0 Å². The topological polar surface area (TPSA) is 237 Å². The predicted molar refractivity (Wildman–Crippen MR) is 354 cm³/mol. The third-order valence-electron chi connectivity index (χ3n) is 16.2. The standard InChI is InChI=1S/C69H134O17P2/c1-8-10-11-12-13-21-28-36-43-50-66(71)79-57-65(86-69(74)53-46-39-32-31-34-41-48-61(5)6)59-84-88(77,78)82-55-63(70)54-81-87(75,76)83-58-64(56-80-67(72)51-44-37-29-25-24-27-35-42-49-62(7)9-2)85-68(73)52-45-38-30-23-20-18-16-14-15-17-19-22-26-33-40-47-60(3)4/h60-65,70H,8-59H2,1-7H3,(H,75,76)(H,77,78)/t62?,63-,64-,65-/m1/s1. The number of hydrogen-bond acceptors (Lipinski definition) is 15. The normalized spacial score (nSPS) is 14.5. The molecule has 0 radical (unpaired) electrons. The lowest BCUT2D eigenvalue weighted by Crippen LogP contribution is -2.30. The lowest BCUT2D eigenvalue weighted by molar-refractivity contribution is -0.161. The minimum atomic E-state index is -4.95. The van der Waals surface area contributed by atoms with Crippen LogP contribution in [0.3, 0.4) is 0 Å². The van der Waals surface area contributed by atoms with Crippen molar-refractivity contribution in [2.45, 2.75) is 362 Å². The average molecular weight is 1300 g/mol. The summed E-state index contributed by atoms with van der Waals surface area (Å²) >= 11 is 0. The van der Waals surface area contributed by atoms with Crippen molar-refractivity contribution in [1.29, 1.82) is 0 Å². The molecule has 0 rings (SSSR count). The lowest BCUT2D eigenvalue weighted by atomic mass is 9.99. The molecule has 0 saturated carbocycles. The summed E-state index contributed by atoms with van der Waals surface area (Å²) < 4.78 is 68.1. The molecule has 0 aromatic rings. The summed E-state index contributed by atoms with van der Waals surface area (Å²) in [6.45, 7) is 11.8. The van der Waals surface area contributed by atoms with Crippen molar-refractivity contribution >= 4 is 39.5 Å². The molecule has 522 valence electrons. The number of hydrogen-bond donors (Lipinski definition) is 3. The van der Waals surface area contributed by atoms with Crippen molar-refractivity contribution in [3.63, 3.8) is 0 Å². The number of ether oxygens (including phenoxy) is 4. The Morgan fingerprint density at radius 1 is 0.330 bits per heavy atom. The van der Waals surface area contributed by atoms with Crippen LogP contribution in [0.2, 0.25) is 0 Å². The Hall–Kier alpha value is -1.94. The van der Waals surface area contributed by atoms with E-state index in [-0.39, 0.29) is 25.7 Å². The quantitative estimate of drug-likeness (QED) is 0.0222. The third-order valence-corrected chi connectivity index (χ3v) is 18.1. The highest BCUT2D eigenvalue weighted by Crippen LogP contribution is 2.45. The number of carbonyl (C=O) groups excluding carboxylic acids is 4. The van der Waals surface area contributed by atoms with Gasteiger partial charge < -0.3 is 33.8 Å². The van der Waals surface area contributed by atoms with Crippen molar-refractivity contribution in [2.24, 2.45) is 17.8 Å². The zero-order valence-corrected chi connectivity index (χ0v) is 59.0. The molecule has 0 saturated heterocycles. The van der Waals surface area contributed by atoms with Gasteiger partial charge in [0.05, 0.1) is 26.4 Å². The van der Waals surface area contributed by atoms with Gasteiger partial charge in [0, 0.05) is 25.7 Å². The zero-order valence-electron chi connectivity index (χ0n) is 57.2. The number of carbonyl (C=O) groups is 4. The van der Waals surface area contributed by atoms with Gasteiger partial charge in [0.2, 0.25) is 0 Å². The van der Waals surface area contributed by atoms with E-state index in [2.05, 4.69) is 48.5 Å². The fourth-order valence-corrected chi connectivity index (χ4v) is 11.9. The summed E-state index contributed by atoms with van der Waals surface area (Å²) in [4.78, 5) is 72.4. The van der Waals surface area contributed by atoms with Crippen LogP contribution in [0.4, 0.5) is 0 Å². The molecular weight excluding hydrogens is 1160 g/mol. The summed E-state index contributed by atoms with van der Waals surface area (Å²) in [7, 11) is -9.90.